The summed E-state index contributed by atoms with van der Waals surface area (Å²) in [6.45, 7) is 2.97. The first-order valence-electron chi connectivity index (χ1n) is 7.79. The van der Waals surface area contributed by atoms with E-state index in [4.69, 9.17) is 0 Å². The molecule has 0 aromatic heterocycles. The van der Waals surface area contributed by atoms with E-state index in [0.717, 1.165) is 43.1 Å². The van der Waals surface area contributed by atoms with Crippen LogP contribution in [0.3, 0.4) is 0 Å². The van der Waals surface area contributed by atoms with Crippen molar-refractivity contribution in [2.45, 2.75) is 6.42 Å². The molecule has 0 radical (unpaired) electrons. The normalized spacial score (nSPS) is 15.3. The Morgan fingerprint density at radius 1 is 1.00 bits per heavy atom. The molecule has 23 heavy (non-hydrogen) atoms. The van der Waals surface area contributed by atoms with Crippen molar-refractivity contribution in [3.63, 3.8) is 0 Å². The fraction of sp³-hybridized carbons (Fsp3) is 0.278. The van der Waals surface area contributed by atoms with Crippen LogP contribution in [0.4, 0.5) is 17.1 Å². The van der Waals surface area contributed by atoms with Crippen molar-refractivity contribution in [2.24, 2.45) is 0 Å². The molecule has 0 saturated carbocycles. The Balaban J connectivity index is 0.00000156. The SMILES string of the molecule is Cl.O=C(CN1CCNc2ccccc21)N1CCc2ccccc21. The van der Waals surface area contributed by atoms with Gasteiger partial charge in [-0.15, -0.1) is 12.4 Å². The number of nitrogens with one attached hydrogen (secondary N) is 1. The average molecular weight is 330 g/mol. The zero-order valence-electron chi connectivity index (χ0n) is 12.9. The molecule has 0 fully saturated rings. The van der Waals surface area contributed by atoms with E-state index in [2.05, 4.69) is 28.4 Å². The fourth-order valence-corrected chi connectivity index (χ4v) is 3.36. The summed E-state index contributed by atoms with van der Waals surface area (Å²) < 4.78 is 0. The van der Waals surface area contributed by atoms with Crippen molar-refractivity contribution in [2.75, 3.05) is 41.3 Å². The van der Waals surface area contributed by atoms with E-state index in [1.54, 1.807) is 0 Å². The van der Waals surface area contributed by atoms with E-state index < -0.39 is 0 Å². The van der Waals surface area contributed by atoms with Gasteiger partial charge in [0, 0.05) is 25.3 Å². The highest BCUT2D eigenvalue weighted by atomic mass is 35.5. The molecule has 2 aliphatic heterocycles. The summed E-state index contributed by atoms with van der Waals surface area (Å²) in [7, 11) is 0. The summed E-state index contributed by atoms with van der Waals surface area (Å²) in [6.07, 6.45) is 0.958. The van der Waals surface area contributed by atoms with E-state index in [1.807, 2.05) is 35.2 Å². The Morgan fingerprint density at radius 3 is 2.61 bits per heavy atom. The highest BCUT2D eigenvalue weighted by Gasteiger charge is 2.26. The number of amides is 1. The van der Waals surface area contributed by atoms with Crippen LogP contribution in [0.15, 0.2) is 48.5 Å². The summed E-state index contributed by atoms with van der Waals surface area (Å²) in [6, 6.07) is 16.4. The number of rotatable bonds is 2. The van der Waals surface area contributed by atoms with E-state index in [0.29, 0.717) is 6.54 Å². The largest absolute Gasteiger partial charge is 0.382 e. The number of hydrogen-bond donors (Lipinski definition) is 1. The molecule has 1 amide bonds. The van der Waals surface area contributed by atoms with E-state index in [-0.39, 0.29) is 18.3 Å². The van der Waals surface area contributed by atoms with Gasteiger partial charge in [0.2, 0.25) is 5.91 Å². The minimum atomic E-state index is 0. The monoisotopic (exact) mass is 329 g/mol. The zero-order valence-corrected chi connectivity index (χ0v) is 13.7. The maximum atomic E-state index is 12.7. The Bertz CT molecular complexity index is 719. The Hall–Kier alpha value is -2.20. The van der Waals surface area contributed by atoms with Gasteiger partial charge in [0.25, 0.3) is 0 Å². The first-order chi connectivity index (χ1) is 10.8. The summed E-state index contributed by atoms with van der Waals surface area (Å²) >= 11 is 0. The van der Waals surface area contributed by atoms with Crippen molar-refractivity contribution in [3.05, 3.63) is 54.1 Å². The maximum absolute atomic E-state index is 12.7. The predicted octanol–water partition coefficient (Wildman–Crippen LogP) is 2.93. The minimum Gasteiger partial charge on any atom is -0.382 e. The van der Waals surface area contributed by atoms with Crippen molar-refractivity contribution in [1.82, 2.24) is 0 Å². The Kier molecular flexibility index (Phi) is 4.44. The molecule has 2 aromatic rings. The van der Waals surface area contributed by atoms with Crippen molar-refractivity contribution < 1.29 is 4.79 Å². The smallest absolute Gasteiger partial charge is 0.246 e. The molecule has 0 saturated heterocycles. The third-order valence-electron chi connectivity index (χ3n) is 4.46. The zero-order chi connectivity index (χ0) is 14.9. The first kappa shape index (κ1) is 15.7. The standard InChI is InChI=1S/C18H19N3O.ClH/c22-18(21-11-9-14-5-1-3-7-16(14)21)13-20-12-10-19-15-6-2-4-8-17(15)20;/h1-8,19H,9-13H2;1H. The van der Waals surface area contributed by atoms with Crippen LogP contribution in [0.1, 0.15) is 5.56 Å². The summed E-state index contributed by atoms with van der Waals surface area (Å²) in [5.41, 5.74) is 4.59. The van der Waals surface area contributed by atoms with Gasteiger partial charge in [-0.2, -0.15) is 0 Å². The quantitative estimate of drug-likeness (QED) is 0.920. The van der Waals surface area contributed by atoms with Gasteiger partial charge in [0.15, 0.2) is 0 Å². The molecule has 0 unspecified atom stereocenters. The summed E-state index contributed by atoms with van der Waals surface area (Å²) in [4.78, 5) is 16.9. The van der Waals surface area contributed by atoms with Crippen LogP contribution in [0, 0.1) is 0 Å². The van der Waals surface area contributed by atoms with Crippen LogP contribution >= 0.6 is 12.4 Å². The van der Waals surface area contributed by atoms with E-state index in [9.17, 15) is 4.79 Å². The number of fused-ring (bicyclic) bond motifs is 2. The second-order valence-electron chi connectivity index (χ2n) is 5.79. The highest BCUT2D eigenvalue weighted by Crippen LogP contribution is 2.30. The lowest BCUT2D eigenvalue weighted by atomic mass is 10.2. The van der Waals surface area contributed by atoms with Crippen LogP contribution in [-0.4, -0.2) is 32.1 Å². The van der Waals surface area contributed by atoms with Crippen LogP contribution in [0.2, 0.25) is 0 Å². The molecule has 120 valence electrons. The average Bonchev–Trinajstić information content (AvgIpc) is 2.99. The van der Waals surface area contributed by atoms with Crippen LogP contribution in [0.25, 0.3) is 0 Å². The first-order valence-corrected chi connectivity index (χ1v) is 7.79. The lowest BCUT2D eigenvalue weighted by molar-refractivity contribution is -0.117. The minimum absolute atomic E-state index is 0. The second-order valence-corrected chi connectivity index (χ2v) is 5.79. The number of nitrogens with zero attached hydrogens (tertiary/aromatic N) is 2. The summed E-state index contributed by atoms with van der Waals surface area (Å²) in [5.74, 6) is 0.182. The predicted molar refractivity (Wildman–Crippen MR) is 96.9 cm³/mol. The van der Waals surface area contributed by atoms with Crippen LogP contribution in [-0.2, 0) is 11.2 Å². The van der Waals surface area contributed by atoms with Crippen LogP contribution in [0.5, 0.6) is 0 Å². The molecule has 2 aliphatic rings. The van der Waals surface area contributed by atoms with E-state index in [1.165, 1.54) is 5.56 Å². The molecular formula is C18H20ClN3O. The van der Waals surface area contributed by atoms with Crippen LogP contribution < -0.4 is 15.1 Å². The number of carbonyl (C=O) groups excluding carboxylic acids is 1. The fourth-order valence-electron chi connectivity index (χ4n) is 3.36. The topological polar surface area (TPSA) is 35.6 Å². The van der Waals surface area contributed by atoms with Gasteiger partial charge in [-0.3, -0.25) is 4.79 Å². The number of hydrogen-bond acceptors (Lipinski definition) is 3. The van der Waals surface area contributed by atoms with Gasteiger partial charge in [0.1, 0.15) is 0 Å². The molecule has 1 N–H and O–H groups in total. The third-order valence-corrected chi connectivity index (χ3v) is 4.46. The number of anilines is 3. The van der Waals surface area contributed by atoms with Gasteiger partial charge in [-0.1, -0.05) is 30.3 Å². The Morgan fingerprint density at radius 2 is 1.74 bits per heavy atom. The molecule has 0 bridgehead atoms. The van der Waals surface area contributed by atoms with E-state index >= 15 is 0 Å². The molecule has 4 nitrogen and oxygen atoms in total. The molecule has 2 aromatic carbocycles. The molecule has 0 aliphatic carbocycles. The van der Waals surface area contributed by atoms with Crippen molar-refractivity contribution in [3.8, 4) is 0 Å². The van der Waals surface area contributed by atoms with Gasteiger partial charge >= 0.3 is 0 Å². The van der Waals surface area contributed by atoms with Gasteiger partial charge < -0.3 is 15.1 Å². The molecular weight excluding hydrogens is 310 g/mol. The van der Waals surface area contributed by atoms with Crippen molar-refractivity contribution in [1.29, 1.82) is 0 Å². The molecule has 0 atom stereocenters. The summed E-state index contributed by atoms with van der Waals surface area (Å²) in [5, 5.41) is 3.38. The number of halogens is 1. The van der Waals surface area contributed by atoms with Gasteiger partial charge in [-0.25, -0.2) is 0 Å². The number of benzene rings is 2. The van der Waals surface area contributed by atoms with Gasteiger partial charge in [-0.05, 0) is 30.2 Å². The maximum Gasteiger partial charge on any atom is 0.246 e. The number of para-hydroxylation sites is 3. The van der Waals surface area contributed by atoms with Crippen molar-refractivity contribution >= 4 is 35.4 Å². The Labute approximate surface area is 142 Å². The molecule has 5 heteroatoms. The highest BCUT2D eigenvalue weighted by molar-refractivity contribution is 5.98. The second kappa shape index (κ2) is 6.50. The lowest BCUT2D eigenvalue weighted by Crippen LogP contribution is -2.43. The molecule has 2 heterocycles. The van der Waals surface area contributed by atoms with Gasteiger partial charge in [0.05, 0.1) is 17.9 Å². The third kappa shape index (κ3) is 2.86. The molecule has 4 rings (SSSR count). The molecule has 0 spiro atoms. The lowest BCUT2D eigenvalue weighted by Gasteiger charge is -2.32. The number of carbonyl (C=O) groups is 1.